The molecule has 0 heterocycles. The summed E-state index contributed by atoms with van der Waals surface area (Å²) in [5.74, 6) is 0.731. The SMILES string of the molecule is Nc1cc(NCC2CCC2)ccc1S(N)(=O)=O. The van der Waals surface area contributed by atoms with E-state index in [1.54, 1.807) is 12.1 Å². The average molecular weight is 255 g/mol. The summed E-state index contributed by atoms with van der Waals surface area (Å²) in [7, 11) is -3.73. The zero-order chi connectivity index (χ0) is 12.5. The van der Waals surface area contributed by atoms with Gasteiger partial charge in [0, 0.05) is 12.2 Å². The first-order chi connectivity index (χ1) is 7.97. The topological polar surface area (TPSA) is 98.2 Å². The molecule has 0 radical (unpaired) electrons. The maximum Gasteiger partial charge on any atom is 0.240 e. The highest BCUT2D eigenvalue weighted by atomic mass is 32.2. The van der Waals surface area contributed by atoms with Crippen LogP contribution in [0.1, 0.15) is 19.3 Å². The van der Waals surface area contributed by atoms with Gasteiger partial charge in [-0.1, -0.05) is 6.42 Å². The molecule has 1 aliphatic rings. The van der Waals surface area contributed by atoms with Crippen molar-refractivity contribution in [3.05, 3.63) is 18.2 Å². The van der Waals surface area contributed by atoms with Crippen molar-refractivity contribution >= 4 is 21.4 Å². The zero-order valence-corrected chi connectivity index (χ0v) is 10.3. The van der Waals surface area contributed by atoms with Gasteiger partial charge < -0.3 is 11.1 Å². The first-order valence-electron chi connectivity index (χ1n) is 5.63. The van der Waals surface area contributed by atoms with Crippen LogP contribution in [0.4, 0.5) is 11.4 Å². The fourth-order valence-electron chi connectivity index (χ4n) is 1.88. The smallest absolute Gasteiger partial charge is 0.240 e. The second-order valence-electron chi connectivity index (χ2n) is 4.48. The molecule has 17 heavy (non-hydrogen) atoms. The van der Waals surface area contributed by atoms with Gasteiger partial charge in [-0.25, -0.2) is 13.6 Å². The van der Waals surface area contributed by atoms with Crippen LogP contribution in [0.15, 0.2) is 23.1 Å². The highest BCUT2D eigenvalue weighted by Crippen LogP contribution is 2.27. The van der Waals surface area contributed by atoms with Crippen LogP contribution in [-0.2, 0) is 10.0 Å². The summed E-state index contributed by atoms with van der Waals surface area (Å²) in [6.07, 6.45) is 3.83. The lowest BCUT2D eigenvalue weighted by Crippen LogP contribution is -2.21. The Labute approximate surface area is 101 Å². The standard InChI is InChI=1S/C11H17N3O2S/c12-10-6-9(14-7-8-2-1-3-8)4-5-11(10)17(13,15)16/h4-6,8,14H,1-3,7,12H2,(H2,13,15,16). The van der Waals surface area contributed by atoms with Crippen LogP contribution in [0.3, 0.4) is 0 Å². The Morgan fingerprint density at radius 3 is 2.53 bits per heavy atom. The molecular weight excluding hydrogens is 238 g/mol. The number of nitrogens with two attached hydrogens (primary N) is 2. The minimum Gasteiger partial charge on any atom is -0.398 e. The third kappa shape index (κ3) is 2.89. The predicted molar refractivity (Wildman–Crippen MR) is 68.1 cm³/mol. The quantitative estimate of drug-likeness (QED) is 0.702. The van der Waals surface area contributed by atoms with Crippen LogP contribution < -0.4 is 16.2 Å². The van der Waals surface area contributed by atoms with Crippen LogP contribution in [0.25, 0.3) is 0 Å². The molecule has 6 heteroatoms. The van der Waals surface area contributed by atoms with Gasteiger partial charge in [0.05, 0.1) is 5.69 Å². The lowest BCUT2D eigenvalue weighted by Gasteiger charge is -2.26. The Morgan fingerprint density at radius 1 is 1.35 bits per heavy atom. The normalized spacial score (nSPS) is 16.5. The molecule has 1 fully saturated rings. The fraction of sp³-hybridized carbons (Fsp3) is 0.455. The Hall–Kier alpha value is -1.27. The van der Waals surface area contributed by atoms with E-state index in [1.165, 1.54) is 25.3 Å². The van der Waals surface area contributed by atoms with Crippen molar-refractivity contribution in [1.29, 1.82) is 0 Å². The number of rotatable bonds is 4. The maximum absolute atomic E-state index is 11.2. The third-order valence-electron chi connectivity index (χ3n) is 3.14. The Balaban J connectivity index is 2.07. The molecule has 0 atom stereocenters. The van der Waals surface area contributed by atoms with E-state index >= 15 is 0 Å². The molecule has 5 N–H and O–H groups in total. The van der Waals surface area contributed by atoms with E-state index in [0.717, 1.165) is 18.2 Å². The van der Waals surface area contributed by atoms with Gasteiger partial charge in [-0.15, -0.1) is 0 Å². The zero-order valence-electron chi connectivity index (χ0n) is 9.52. The molecule has 0 amide bonds. The van der Waals surface area contributed by atoms with Gasteiger partial charge >= 0.3 is 0 Å². The van der Waals surface area contributed by atoms with Crippen molar-refractivity contribution < 1.29 is 8.42 Å². The maximum atomic E-state index is 11.2. The number of nitrogens with one attached hydrogen (secondary N) is 1. The summed E-state index contributed by atoms with van der Waals surface area (Å²) in [6.45, 7) is 0.911. The third-order valence-corrected chi connectivity index (χ3v) is 4.12. The molecule has 0 aromatic heterocycles. The molecule has 0 unspecified atom stereocenters. The molecular formula is C11H17N3O2S. The van der Waals surface area contributed by atoms with E-state index in [4.69, 9.17) is 10.9 Å². The first-order valence-corrected chi connectivity index (χ1v) is 7.17. The number of sulfonamides is 1. The van der Waals surface area contributed by atoms with Crippen LogP contribution in [-0.4, -0.2) is 15.0 Å². The highest BCUT2D eigenvalue weighted by Gasteiger charge is 2.17. The summed E-state index contributed by atoms with van der Waals surface area (Å²) in [6, 6.07) is 4.74. The van der Waals surface area contributed by atoms with Crippen LogP contribution in [0.5, 0.6) is 0 Å². The van der Waals surface area contributed by atoms with Crippen molar-refractivity contribution in [2.45, 2.75) is 24.2 Å². The molecule has 1 saturated carbocycles. The second kappa shape index (κ2) is 4.54. The van der Waals surface area contributed by atoms with Crippen LogP contribution in [0.2, 0.25) is 0 Å². The van der Waals surface area contributed by atoms with Crippen molar-refractivity contribution in [2.24, 2.45) is 11.1 Å². The number of hydrogen-bond acceptors (Lipinski definition) is 4. The van der Waals surface area contributed by atoms with Crippen LogP contribution >= 0.6 is 0 Å². The van der Waals surface area contributed by atoms with Crippen molar-refractivity contribution in [1.82, 2.24) is 0 Å². The number of anilines is 2. The largest absolute Gasteiger partial charge is 0.398 e. The van der Waals surface area contributed by atoms with Gasteiger partial charge in [0.15, 0.2) is 0 Å². The number of primary sulfonamides is 1. The van der Waals surface area contributed by atoms with Crippen molar-refractivity contribution in [3.63, 3.8) is 0 Å². The van der Waals surface area contributed by atoms with Gasteiger partial charge in [0.2, 0.25) is 10.0 Å². The number of hydrogen-bond donors (Lipinski definition) is 3. The fourth-order valence-corrected chi connectivity index (χ4v) is 2.52. The van der Waals surface area contributed by atoms with Gasteiger partial charge in [0.25, 0.3) is 0 Å². The minimum absolute atomic E-state index is 0.0216. The van der Waals surface area contributed by atoms with Gasteiger partial charge in [0.1, 0.15) is 4.90 Å². The molecule has 1 aromatic carbocycles. The van der Waals surface area contributed by atoms with E-state index in [0.29, 0.717) is 0 Å². The monoisotopic (exact) mass is 255 g/mol. The number of benzene rings is 1. The minimum atomic E-state index is -3.73. The average Bonchev–Trinajstić information content (AvgIpc) is 2.13. The lowest BCUT2D eigenvalue weighted by atomic mass is 9.85. The molecule has 5 nitrogen and oxygen atoms in total. The molecule has 0 aliphatic heterocycles. The lowest BCUT2D eigenvalue weighted by molar-refractivity contribution is 0.333. The molecule has 2 rings (SSSR count). The Bertz CT molecular complexity index is 509. The molecule has 0 bridgehead atoms. The van der Waals surface area contributed by atoms with E-state index in [-0.39, 0.29) is 10.6 Å². The first kappa shape index (κ1) is 12.2. The van der Waals surface area contributed by atoms with E-state index in [2.05, 4.69) is 5.32 Å². The summed E-state index contributed by atoms with van der Waals surface area (Å²) in [5.41, 5.74) is 6.68. The van der Waals surface area contributed by atoms with E-state index in [1.807, 2.05) is 0 Å². The molecule has 0 spiro atoms. The van der Waals surface area contributed by atoms with Gasteiger partial charge in [-0.3, -0.25) is 0 Å². The predicted octanol–water partition coefficient (Wildman–Crippen LogP) is 1.13. The second-order valence-corrected chi connectivity index (χ2v) is 6.01. The highest BCUT2D eigenvalue weighted by molar-refractivity contribution is 7.89. The summed E-state index contributed by atoms with van der Waals surface area (Å²) >= 11 is 0. The molecule has 1 aromatic rings. The van der Waals surface area contributed by atoms with E-state index < -0.39 is 10.0 Å². The van der Waals surface area contributed by atoms with Crippen LogP contribution in [0, 0.1) is 5.92 Å². The summed E-state index contributed by atoms with van der Waals surface area (Å²) in [5, 5.41) is 8.28. The molecule has 1 aliphatic carbocycles. The Kier molecular flexibility index (Phi) is 3.26. The van der Waals surface area contributed by atoms with Crippen molar-refractivity contribution in [3.8, 4) is 0 Å². The summed E-state index contributed by atoms with van der Waals surface area (Å²) < 4.78 is 22.3. The Morgan fingerprint density at radius 2 is 2.06 bits per heavy atom. The summed E-state index contributed by atoms with van der Waals surface area (Å²) in [4.78, 5) is -0.0216. The van der Waals surface area contributed by atoms with Gasteiger partial charge in [-0.2, -0.15) is 0 Å². The molecule has 94 valence electrons. The van der Waals surface area contributed by atoms with E-state index in [9.17, 15) is 8.42 Å². The van der Waals surface area contributed by atoms with Gasteiger partial charge in [-0.05, 0) is 37.0 Å². The number of nitrogen functional groups attached to an aromatic ring is 1. The molecule has 0 saturated heterocycles. The van der Waals surface area contributed by atoms with Crippen molar-refractivity contribution in [2.75, 3.05) is 17.6 Å².